The van der Waals surface area contributed by atoms with Gasteiger partial charge >= 0.3 is 6.03 Å². The number of hydrogen-bond donors (Lipinski definition) is 2. The van der Waals surface area contributed by atoms with Crippen LogP contribution in [0.4, 0.5) is 4.79 Å². The average molecular weight is 283 g/mol. The summed E-state index contributed by atoms with van der Waals surface area (Å²) in [5.41, 5.74) is 1.06. The smallest absolute Gasteiger partial charge is 0.324 e. The van der Waals surface area contributed by atoms with Crippen molar-refractivity contribution in [2.24, 2.45) is 0 Å². The van der Waals surface area contributed by atoms with Gasteiger partial charge in [-0.05, 0) is 19.1 Å². The summed E-state index contributed by atoms with van der Waals surface area (Å²) in [4.78, 5) is 24.5. The molecule has 0 saturated carbocycles. The van der Waals surface area contributed by atoms with Gasteiger partial charge in [-0.15, -0.1) is 0 Å². The number of nitrogens with two attached hydrogens (primary N) is 1. The third kappa shape index (κ3) is 3.45. The molecule has 0 aromatic heterocycles. The molecular formula is C13H17ClN3O2+. The van der Waals surface area contributed by atoms with Crippen LogP contribution >= 0.6 is 11.6 Å². The van der Waals surface area contributed by atoms with E-state index in [1.54, 1.807) is 0 Å². The Morgan fingerprint density at radius 2 is 2.37 bits per heavy atom. The van der Waals surface area contributed by atoms with Crippen LogP contribution in [0.25, 0.3) is 0 Å². The predicted molar refractivity (Wildman–Crippen MR) is 71.8 cm³/mol. The molecule has 1 saturated heterocycles. The van der Waals surface area contributed by atoms with Crippen molar-refractivity contribution in [3.63, 3.8) is 0 Å². The highest BCUT2D eigenvalue weighted by Crippen LogP contribution is 2.14. The topological polar surface area (TPSA) is 66.0 Å². The van der Waals surface area contributed by atoms with Gasteiger partial charge in [0.25, 0.3) is 5.91 Å². The van der Waals surface area contributed by atoms with Crippen molar-refractivity contribution in [2.75, 3.05) is 19.6 Å². The van der Waals surface area contributed by atoms with Crippen LogP contribution in [0, 0.1) is 0 Å². The van der Waals surface area contributed by atoms with Crippen LogP contribution in [0.2, 0.25) is 5.02 Å². The lowest BCUT2D eigenvalue weighted by Gasteiger charge is -2.14. The van der Waals surface area contributed by atoms with E-state index < -0.39 is 0 Å². The fourth-order valence-electron chi connectivity index (χ4n) is 2.02. The first-order valence-electron chi connectivity index (χ1n) is 6.25. The highest BCUT2D eigenvalue weighted by molar-refractivity contribution is 6.30. The number of carbonyl (C=O) groups is 2. The first kappa shape index (κ1) is 13.8. The largest absolute Gasteiger partial charge is 0.336 e. The molecule has 1 aliphatic rings. The lowest BCUT2D eigenvalue weighted by Crippen LogP contribution is -2.87. The van der Waals surface area contributed by atoms with Gasteiger partial charge in [-0.25, -0.2) is 4.79 Å². The Morgan fingerprint density at radius 1 is 1.58 bits per heavy atom. The summed E-state index contributed by atoms with van der Waals surface area (Å²) >= 11 is 5.93. The Morgan fingerprint density at radius 3 is 3.00 bits per heavy atom. The van der Waals surface area contributed by atoms with Crippen molar-refractivity contribution in [2.45, 2.75) is 13.0 Å². The van der Waals surface area contributed by atoms with E-state index >= 15 is 0 Å². The number of hydrogen-bond acceptors (Lipinski definition) is 2. The summed E-state index contributed by atoms with van der Waals surface area (Å²) < 4.78 is 0. The maximum atomic E-state index is 11.9. The number of nitrogens with one attached hydrogen (secondary N) is 1. The Kier molecular flexibility index (Phi) is 4.39. The van der Waals surface area contributed by atoms with E-state index in [0.717, 1.165) is 5.56 Å². The quantitative estimate of drug-likeness (QED) is 0.845. The monoisotopic (exact) mass is 282 g/mol. The third-order valence-corrected chi connectivity index (χ3v) is 3.41. The zero-order valence-corrected chi connectivity index (χ0v) is 11.5. The van der Waals surface area contributed by atoms with E-state index in [1.807, 2.05) is 36.5 Å². The van der Waals surface area contributed by atoms with E-state index in [-0.39, 0.29) is 24.5 Å². The van der Waals surface area contributed by atoms with Gasteiger partial charge in [0.15, 0.2) is 6.54 Å². The Labute approximate surface area is 116 Å². The normalized spacial score (nSPS) is 16.3. The van der Waals surface area contributed by atoms with Gasteiger partial charge in [0.1, 0.15) is 6.04 Å². The molecular weight excluding hydrogens is 266 g/mol. The summed E-state index contributed by atoms with van der Waals surface area (Å²) in [5, 5.41) is 5.20. The number of imide groups is 1. The van der Waals surface area contributed by atoms with Gasteiger partial charge in [-0.3, -0.25) is 9.69 Å². The number of quaternary nitrogens is 1. The van der Waals surface area contributed by atoms with Crippen molar-refractivity contribution >= 4 is 23.5 Å². The summed E-state index contributed by atoms with van der Waals surface area (Å²) in [6.45, 7) is 3.25. The van der Waals surface area contributed by atoms with Crippen LogP contribution in [0.1, 0.15) is 18.5 Å². The zero-order chi connectivity index (χ0) is 13.8. The van der Waals surface area contributed by atoms with Gasteiger partial charge in [-0.2, -0.15) is 0 Å². The fraction of sp³-hybridized carbons (Fsp3) is 0.385. The minimum Gasteiger partial charge on any atom is -0.336 e. The average Bonchev–Trinajstić information content (AvgIpc) is 2.82. The van der Waals surface area contributed by atoms with Crippen molar-refractivity contribution in [1.82, 2.24) is 10.2 Å². The van der Waals surface area contributed by atoms with Crippen molar-refractivity contribution in [3.8, 4) is 0 Å². The maximum Gasteiger partial charge on any atom is 0.324 e. The molecule has 5 nitrogen and oxygen atoms in total. The molecule has 0 spiro atoms. The number of carbonyl (C=O) groups excluding carboxylic acids is 2. The molecule has 0 radical (unpaired) electrons. The number of amides is 3. The molecule has 1 fully saturated rings. The molecule has 0 aliphatic carbocycles. The summed E-state index contributed by atoms with van der Waals surface area (Å²) in [7, 11) is 0. The van der Waals surface area contributed by atoms with Crippen LogP contribution in [-0.2, 0) is 4.79 Å². The summed E-state index contributed by atoms with van der Waals surface area (Å²) in [6.07, 6.45) is 0. The van der Waals surface area contributed by atoms with Gasteiger partial charge in [0.2, 0.25) is 0 Å². The van der Waals surface area contributed by atoms with Gasteiger partial charge < -0.3 is 10.6 Å². The molecule has 3 amide bonds. The molecule has 3 N–H and O–H groups in total. The van der Waals surface area contributed by atoms with Crippen molar-refractivity contribution in [3.05, 3.63) is 34.9 Å². The number of rotatable bonds is 4. The SMILES string of the molecule is C[C@@H]([NH2+]CC(=O)N1CCNC1=O)c1cccc(Cl)c1. The van der Waals surface area contributed by atoms with Gasteiger partial charge in [-0.1, -0.05) is 23.7 Å². The van der Waals surface area contributed by atoms with E-state index in [1.165, 1.54) is 4.90 Å². The van der Waals surface area contributed by atoms with E-state index in [0.29, 0.717) is 18.1 Å². The van der Waals surface area contributed by atoms with Crippen LogP contribution in [0.15, 0.2) is 24.3 Å². The van der Waals surface area contributed by atoms with Crippen molar-refractivity contribution in [1.29, 1.82) is 0 Å². The number of halogens is 1. The van der Waals surface area contributed by atoms with Crippen LogP contribution in [0.5, 0.6) is 0 Å². The van der Waals surface area contributed by atoms with Crippen LogP contribution in [0.3, 0.4) is 0 Å². The lowest BCUT2D eigenvalue weighted by atomic mass is 10.1. The Hall–Kier alpha value is -1.59. The molecule has 1 aromatic carbocycles. The first-order valence-corrected chi connectivity index (χ1v) is 6.62. The fourth-order valence-corrected chi connectivity index (χ4v) is 2.22. The molecule has 1 atom stereocenters. The molecule has 2 rings (SSSR count). The number of urea groups is 1. The Bertz CT molecular complexity index is 493. The number of benzene rings is 1. The van der Waals surface area contributed by atoms with E-state index in [9.17, 15) is 9.59 Å². The first-order chi connectivity index (χ1) is 9.08. The molecule has 1 heterocycles. The highest BCUT2D eigenvalue weighted by atomic mass is 35.5. The summed E-state index contributed by atoms with van der Waals surface area (Å²) in [6, 6.07) is 7.38. The molecule has 0 unspecified atom stereocenters. The number of nitrogens with zero attached hydrogens (tertiary/aromatic N) is 1. The minimum atomic E-state index is -0.297. The molecule has 102 valence electrons. The third-order valence-electron chi connectivity index (χ3n) is 3.18. The second-order valence-electron chi connectivity index (χ2n) is 4.56. The van der Waals surface area contributed by atoms with E-state index in [4.69, 9.17) is 11.6 Å². The van der Waals surface area contributed by atoms with Crippen molar-refractivity contribution < 1.29 is 14.9 Å². The molecule has 0 bridgehead atoms. The van der Waals surface area contributed by atoms with Crippen LogP contribution in [-0.4, -0.2) is 36.5 Å². The molecule has 1 aliphatic heterocycles. The predicted octanol–water partition coefficient (Wildman–Crippen LogP) is 0.516. The highest BCUT2D eigenvalue weighted by Gasteiger charge is 2.27. The van der Waals surface area contributed by atoms with Gasteiger partial charge in [0.05, 0.1) is 0 Å². The second-order valence-corrected chi connectivity index (χ2v) is 5.00. The minimum absolute atomic E-state index is 0.119. The molecule has 6 heteroatoms. The molecule has 19 heavy (non-hydrogen) atoms. The van der Waals surface area contributed by atoms with E-state index in [2.05, 4.69) is 5.32 Å². The second kappa shape index (κ2) is 6.04. The Balaban J connectivity index is 1.88. The van der Waals surface area contributed by atoms with Gasteiger partial charge in [0, 0.05) is 23.7 Å². The maximum absolute atomic E-state index is 11.9. The zero-order valence-electron chi connectivity index (χ0n) is 10.7. The molecule has 1 aromatic rings. The standard InChI is InChI=1S/C13H16ClN3O2/c1-9(10-3-2-4-11(14)7-10)16-8-12(18)17-6-5-15-13(17)19/h2-4,7,9,16H,5-6,8H2,1H3,(H,15,19)/p+1/t9-/m1/s1. The summed E-state index contributed by atoms with van der Waals surface area (Å²) in [5.74, 6) is -0.163. The lowest BCUT2D eigenvalue weighted by molar-refractivity contribution is -0.683. The van der Waals surface area contributed by atoms with Crippen LogP contribution < -0.4 is 10.6 Å².